The minimum atomic E-state index is -0.431. The summed E-state index contributed by atoms with van der Waals surface area (Å²) in [4.78, 5) is 25.2. The predicted octanol–water partition coefficient (Wildman–Crippen LogP) is 4.33. The van der Waals surface area contributed by atoms with Gasteiger partial charge >= 0.3 is 0 Å². The Morgan fingerprint density at radius 1 is 0.893 bits per heavy atom. The molecule has 1 aromatic heterocycles. The Hall–Kier alpha value is -3.34. The van der Waals surface area contributed by atoms with Crippen molar-refractivity contribution in [2.24, 2.45) is 0 Å². The monoisotopic (exact) mass is 376 g/mol. The van der Waals surface area contributed by atoms with Gasteiger partial charge in [0.05, 0.1) is 18.5 Å². The second kappa shape index (κ2) is 9.04. The third-order valence-corrected chi connectivity index (χ3v) is 4.50. The highest BCUT2D eigenvalue weighted by Crippen LogP contribution is 2.20. The first-order chi connectivity index (χ1) is 13.5. The Balaban J connectivity index is 1.70. The molecule has 0 saturated heterocycles. The van der Waals surface area contributed by atoms with Gasteiger partial charge in [-0.2, -0.15) is 0 Å². The van der Waals surface area contributed by atoms with Crippen LogP contribution in [-0.4, -0.2) is 11.8 Å². The first-order valence-corrected chi connectivity index (χ1v) is 9.29. The highest BCUT2D eigenvalue weighted by Gasteiger charge is 2.21. The second-order valence-corrected chi connectivity index (χ2v) is 6.74. The number of rotatable bonds is 7. The normalized spacial score (nSPS) is 12.8. The third-order valence-electron chi connectivity index (χ3n) is 4.50. The summed E-state index contributed by atoms with van der Waals surface area (Å²) in [5.74, 6) is 1.13. The van der Waals surface area contributed by atoms with Crippen molar-refractivity contribution in [3.63, 3.8) is 0 Å². The number of amides is 2. The Morgan fingerprint density at radius 3 is 2.14 bits per heavy atom. The van der Waals surface area contributed by atoms with Gasteiger partial charge in [-0.05, 0) is 43.7 Å². The number of carbonyl (C=O) groups is 2. The van der Waals surface area contributed by atoms with Crippen LogP contribution in [0.15, 0.2) is 77.2 Å². The molecule has 2 atom stereocenters. The molecule has 2 aromatic carbocycles. The molecule has 0 radical (unpaired) electrons. The Labute approximate surface area is 164 Å². The van der Waals surface area contributed by atoms with Crippen LogP contribution in [-0.2, 0) is 4.79 Å². The molecule has 2 amide bonds. The van der Waals surface area contributed by atoms with Gasteiger partial charge in [-0.3, -0.25) is 9.59 Å². The van der Waals surface area contributed by atoms with Gasteiger partial charge in [0.25, 0.3) is 5.91 Å². The fraction of sp³-hybridized carbons (Fsp3) is 0.217. The molecule has 0 aliphatic heterocycles. The zero-order valence-corrected chi connectivity index (χ0v) is 16.0. The van der Waals surface area contributed by atoms with Crippen molar-refractivity contribution in [2.75, 3.05) is 0 Å². The zero-order valence-electron chi connectivity index (χ0n) is 16.0. The van der Waals surface area contributed by atoms with Gasteiger partial charge < -0.3 is 15.1 Å². The minimum absolute atomic E-state index is 0.132. The lowest BCUT2D eigenvalue weighted by molar-refractivity contribution is -0.122. The molecule has 0 fully saturated rings. The van der Waals surface area contributed by atoms with Gasteiger partial charge in [0.1, 0.15) is 11.5 Å². The smallest absolute Gasteiger partial charge is 0.251 e. The molecule has 0 unspecified atom stereocenters. The van der Waals surface area contributed by atoms with Crippen LogP contribution >= 0.6 is 0 Å². The van der Waals surface area contributed by atoms with Crippen molar-refractivity contribution in [1.82, 2.24) is 10.6 Å². The van der Waals surface area contributed by atoms with Crippen LogP contribution in [0.3, 0.4) is 0 Å². The number of benzene rings is 2. The standard InChI is InChI=1S/C23H24N2O3/c1-16-13-14-21(28-16)17(2)24-22(26)15-20(18-9-5-3-6-10-18)25-23(27)19-11-7-4-8-12-19/h3-14,17,20H,15H2,1-2H3,(H,24,26)(H,25,27)/t17-,20-/m0/s1. The van der Waals surface area contributed by atoms with E-state index >= 15 is 0 Å². The number of hydrogen-bond donors (Lipinski definition) is 2. The van der Waals surface area contributed by atoms with Crippen LogP contribution in [0.25, 0.3) is 0 Å². The van der Waals surface area contributed by atoms with Crippen molar-refractivity contribution < 1.29 is 14.0 Å². The molecular weight excluding hydrogens is 352 g/mol. The van der Waals surface area contributed by atoms with Crippen molar-refractivity contribution >= 4 is 11.8 Å². The lowest BCUT2D eigenvalue weighted by Gasteiger charge is -2.20. The van der Waals surface area contributed by atoms with Crippen LogP contribution in [0, 0.1) is 6.92 Å². The summed E-state index contributed by atoms with van der Waals surface area (Å²) in [5, 5.41) is 5.91. The van der Waals surface area contributed by atoms with Crippen LogP contribution in [0.1, 0.15) is 52.9 Å². The van der Waals surface area contributed by atoms with Gasteiger partial charge in [0.2, 0.25) is 5.91 Å². The van der Waals surface area contributed by atoms with E-state index < -0.39 is 6.04 Å². The molecule has 144 valence electrons. The zero-order chi connectivity index (χ0) is 19.9. The van der Waals surface area contributed by atoms with E-state index in [-0.39, 0.29) is 24.3 Å². The maximum absolute atomic E-state index is 12.6. The first kappa shape index (κ1) is 19.4. The molecule has 5 nitrogen and oxygen atoms in total. The van der Waals surface area contributed by atoms with Gasteiger partial charge in [0, 0.05) is 5.56 Å². The van der Waals surface area contributed by atoms with E-state index in [9.17, 15) is 9.59 Å². The average molecular weight is 376 g/mol. The quantitative estimate of drug-likeness (QED) is 0.645. The fourth-order valence-electron chi connectivity index (χ4n) is 3.01. The molecule has 2 N–H and O–H groups in total. The summed E-state index contributed by atoms with van der Waals surface area (Å²) in [6, 6.07) is 21.5. The van der Waals surface area contributed by atoms with Crippen LogP contribution in [0.5, 0.6) is 0 Å². The van der Waals surface area contributed by atoms with E-state index in [1.54, 1.807) is 12.1 Å². The number of aryl methyl sites for hydroxylation is 1. The number of nitrogens with one attached hydrogen (secondary N) is 2. The summed E-state index contributed by atoms with van der Waals surface area (Å²) >= 11 is 0. The van der Waals surface area contributed by atoms with Crippen molar-refractivity contribution in [3.8, 4) is 0 Å². The van der Waals surface area contributed by atoms with Gasteiger partial charge in [-0.1, -0.05) is 48.5 Å². The molecule has 28 heavy (non-hydrogen) atoms. The summed E-state index contributed by atoms with van der Waals surface area (Å²) in [6.07, 6.45) is 0.132. The molecular formula is C23H24N2O3. The van der Waals surface area contributed by atoms with Crippen molar-refractivity contribution in [2.45, 2.75) is 32.4 Å². The highest BCUT2D eigenvalue weighted by molar-refractivity contribution is 5.94. The molecule has 3 rings (SSSR count). The molecule has 0 spiro atoms. The van der Waals surface area contributed by atoms with E-state index in [1.807, 2.05) is 74.5 Å². The number of furan rings is 1. The summed E-state index contributed by atoms with van der Waals surface area (Å²) in [5.41, 5.74) is 1.44. The Morgan fingerprint density at radius 2 is 1.54 bits per heavy atom. The highest BCUT2D eigenvalue weighted by atomic mass is 16.3. The lowest BCUT2D eigenvalue weighted by atomic mass is 10.0. The Kier molecular flexibility index (Phi) is 6.27. The first-order valence-electron chi connectivity index (χ1n) is 9.29. The second-order valence-electron chi connectivity index (χ2n) is 6.74. The molecule has 0 saturated carbocycles. The summed E-state index contributed by atoms with van der Waals surface area (Å²) < 4.78 is 5.57. The van der Waals surface area contributed by atoms with Crippen LogP contribution < -0.4 is 10.6 Å². The number of carbonyl (C=O) groups excluding carboxylic acids is 2. The summed E-state index contributed by atoms with van der Waals surface area (Å²) in [7, 11) is 0. The van der Waals surface area contributed by atoms with Crippen LogP contribution in [0.4, 0.5) is 0 Å². The van der Waals surface area contributed by atoms with Crippen molar-refractivity contribution in [3.05, 3.63) is 95.4 Å². The van der Waals surface area contributed by atoms with Crippen molar-refractivity contribution in [1.29, 1.82) is 0 Å². The maximum Gasteiger partial charge on any atom is 0.251 e. The molecule has 0 aliphatic carbocycles. The van der Waals surface area contributed by atoms with E-state index in [1.165, 1.54) is 0 Å². The fourth-order valence-corrected chi connectivity index (χ4v) is 3.01. The predicted molar refractivity (Wildman–Crippen MR) is 108 cm³/mol. The molecule has 5 heteroatoms. The van der Waals surface area contributed by atoms with E-state index in [2.05, 4.69) is 10.6 Å². The molecule has 0 aliphatic rings. The lowest BCUT2D eigenvalue weighted by Crippen LogP contribution is -2.34. The van der Waals surface area contributed by atoms with E-state index in [4.69, 9.17) is 4.42 Å². The van der Waals surface area contributed by atoms with E-state index in [0.29, 0.717) is 11.3 Å². The number of hydrogen-bond acceptors (Lipinski definition) is 3. The molecule has 0 bridgehead atoms. The van der Waals surface area contributed by atoms with Gasteiger partial charge in [-0.25, -0.2) is 0 Å². The van der Waals surface area contributed by atoms with Gasteiger partial charge in [0.15, 0.2) is 0 Å². The maximum atomic E-state index is 12.6. The van der Waals surface area contributed by atoms with Crippen LogP contribution in [0.2, 0.25) is 0 Å². The van der Waals surface area contributed by atoms with Gasteiger partial charge in [-0.15, -0.1) is 0 Å². The average Bonchev–Trinajstić information content (AvgIpc) is 3.15. The Bertz CT molecular complexity index is 919. The third kappa shape index (κ3) is 5.10. The minimum Gasteiger partial charge on any atom is -0.464 e. The SMILES string of the molecule is Cc1ccc([C@H](C)NC(=O)C[C@H](NC(=O)c2ccccc2)c2ccccc2)o1. The summed E-state index contributed by atoms with van der Waals surface area (Å²) in [6.45, 7) is 3.73. The topological polar surface area (TPSA) is 71.3 Å². The molecule has 1 heterocycles. The molecule has 3 aromatic rings. The van der Waals surface area contributed by atoms with E-state index in [0.717, 1.165) is 11.3 Å². The largest absolute Gasteiger partial charge is 0.464 e.